The monoisotopic (exact) mass is 350 g/mol. The van der Waals surface area contributed by atoms with Crippen LogP contribution < -0.4 is 4.90 Å². The second kappa shape index (κ2) is 7.32. The van der Waals surface area contributed by atoms with Crippen LogP contribution in [0.15, 0.2) is 100 Å². The number of hydrogen-bond acceptors (Lipinski definition) is 2. The highest BCUT2D eigenvalue weighted by Gasteiger charge is 2.18. The van der Waals surface area contributed by atoms with Gasteiger partial charge in [-0.2, -0.15) is 8.42 Å². The zero-order chi connectivity index (χ0) is 17.7. The Morgan fingerprint density at radius 3 is 1.80 bits per heavy atom. The van der Waals surface area contributed by atoms with E-state index in [0.29, 0.717) is 5.84 Å². The molecule has 0 aliphatic carbocycles. The quantitative estimate of drug-likeness (QED) is 0.529. The highest BCUT2D eigenvalue weighted by atomic mass is 32.2. The Bertz CT molecular complexity index is 954. The molecule has 0 aliphatic heterocycles. The minimum Gasteiger partial charge on any atom is -0.328 e. The lowest BCUT2D eigenvalue weighted by atomic mass is 10.2. The number of rotatable bonds is 4. The third-order valence-electron chi connectivity index (χ3n) is 3.74. The van der Waals surface area contributed by atoms with Crippen molar-refractivity contribution in [2.75, 3.05) is 11.9 Å². The third kappa shape index (κ3) is 3.95. The molecule has 0 saturated heterocycles. The van der Waals surface area contributed by atoms with Crippen molar-refractivity contribution < 1.29 is 8.42 Å². The number of hydrogen-bond donors (Lipinski definition) is 0. The second-order valence-corrected chi connectivity index (χ2v) is 7.07. The van der Waals surface area contributed by atoms with Crippen molar-refractivity contribution >= 4 is 21.5 Å². The van der Waals surface area contributed by atoms with Gasteiger partial charge in [-0.3, -0.25) is 0 Å². The standard InChI is InChI=1S/C20H18N2O2S/c1-22(18-13-7-3-8-14-18)20(17-11-5-2-6-12-17)21-25(23,24)19-15-9-4-10-16-19/h2-16H,1H3. The van der Waals surface area contributed by atoms with E-state index in [9.17, 15) is 8.42 Å². The Balaban J connectivity index is 2.12. The van der Waals surface area contributed by atoms with Gasteiger partial charge in [0, 0.05) is 18.3 Å². The van der Waals surface area contributed by atoms with Crippen molar-refractivity contribution in [2.45, 2.75) is 4.90 Å². The summed E-state index contributed by atoms with van der Waals surface area (Å²) in [4.78, 5) is 1.94. The number of amidine groups is 1. The molecule has 0 spiro atoms. The molecule has 3 aromatic carbocycles. The molecule has 3 aromatic rings. The summed E-state index contributed by atoms with van der Waals surface area (Å²) in [5.74, 6) is 0.371. The van der Waals surface area contributed by atoms with E-state index in [4.69, 9.17) is 0 Å². The van der Waals surface area contributed by atoms with Crippen LogP contribution in [0, 0.1) is 0 Å². The maximum atomic E-state index is 12.7. The molecule has 25 heavy (non-hydrogen) atoms. The first-order valence-electron chi connectivity index (χ1n) is 7.82. The molecule has 0 amide bonds. The van der Waals surface area contributed by atoms with Gasteiger partial charge < -0.3 is 4.90 Å². The molecule has 0 radical (unpaired) electrons. The van der Waals surface area contributed by atoms with Crippen LogP contribution in [0.25, 0.3) is 0 Å². The Labute approximate surface area is 148 Å². The predicted octanol–water partition coefficient (Wildman–Crippen LogP) is 3.96. The van der Waals surface area contributed by atoms with Gasteiger partial charge in [0.25, 0.3) is 10.0 Å². The van der Waals surface area contributed by atoms with Crippen molar-refractivity contribution in [2.24, 2.45) is 4.40 Å². The largest absolute Gasteiger partial charge is 0.328 e. The number of benzene rings is 3. The molecule has 0 aliphatic rings. The normalized spacial score (nSPS) is 12.0. The molecule has 0 unspecified atom stereocenters. The fourth-order valence-corrected chi connectivity index (χ4v) is 3.49. The molecule has 0 bridgehead atoms. The van der Waals surface area contributed by atoms with Crippen LogP contribution in [0.1, 0.15) is 5.56 Å². The molecule has 0 heterocycles. The predicted molar refractivity (Wildman–Crippen MR) is 101 cm³/mol. The first-order chi connectivity index (χ1) is 12.1. The number of sulfonamides is 1. The van der Waals surface area contributed by atoms with E-state index in [2.05, 4.69) is 4.40 Å². The summed E-state index contributed by atoms with van der Waals surface area (Å²) in [7, 11) is -2.01. The van der Waals surface area contributed by atoms with Gasteiger partial charge in [0.1, 0.15) is 0 Å². The molecule has 4 nitrogen and oxygen atoms in total. The topological polar surface area (TPSA) is 49.7 Å². The molecule has 0 aromatic heterocycles. The van der Waals surface area contributed by atoms with Crippen LogP contribution in [0.2, 0.25) is 0 Å². The Hall–Kier alpha value is -2.92. The fourth-order valence-electron chi connectivity index (χ4n) is 2.43. The van der Waals surface area contributed by atoms with Gasteiger partial charge in [-0.25, -0.2) is 0 Å². The van der Waals surface area contributed by atoms with Gasteiger partial charge in [0.05, 0.1) is 4.90 Å². The van der Waals surface area contributed by atoms with E-state index in [1.807, 2.05) is 67.7 Å². The average molecular weight is 350 g/mol. The summed E-state index contributed by atoms with van der Waals surface area (Å²) in [6.07, 6.45) is 0. The first-order valence-corrected chi connectivity index (χ1v) is 9.26. The van der Waals surface area contributed by atoms with Crippen molar-refractivity contribution in [3.05, 3.63) is 96.6 Å². The summed E-state index contributed by atoms with van der Waals surface area (Å²) >= 11 is 0. The van der Waals surface area contributed by atoms with E-state index in [1.54, 1.807) is 35.2 Å². The van der Waals surface area contributed by atoms with Crippen molar-refractivity contribution in [3.8, 4) is 0 Å². The van der Waals surface area contributed by atoms with Gasteiger partial charge in [-0.05, 0) is 24.3 Å². The first kappa shape index (κ1) is 16.9. The van der Waals surface area contributed by atoms with Crippen LogP contribution in [-0.4, -0.2) is 21.3 Å². The Kier molecular flexibility index (Phi) is 4.95. The van der Waals surface area contributed by atoms with E-state index < -0.39 is 10.0 Å². The zero-order valence-electron chi connectivity index (χ0n) is 13.8. The highest BCUT2D eigenvalue weighted by Crippen LogP contribution is 2.19. The lowest BCUT2D eigenvalue weighted by Crippen LogP contribution is -2.28. The lowest BCUT2D eigenvalue weighted by molar-refractivity contribution is 0.598. The smallest absolute Gasteiger partial charge is 0.284 e. The number of para-hydroxylation sites is 1. The second-order valence-electron chi connectivity index (χ2n) is 5.46. The van der Waals surface area contributed by atoms with E-state index in [1.165, 1.54) is 0 Å². The summed E-state index contributed by atoms with van der Waals surface area (Å²) in [5.41, 5.74) is 1.58. The molecule has 0 fully saturated rings. The van der Waals surface area contributed by atoms with Crippen molar-refractivity contribution in [1.29, 1.82) is 0 Å². The van der Waals surface area contributed by atoms with Gasteiger partial charge in [-0.1, -0.05) is 66.7 Å². The molecule has 0 saturated carbocycles. The third-order valence-corrected chi connectivity index (χ3v) is 5.02. The number of anilines is 1. The maximum absolute atomic E-state index is 12.7. The molecular formula is C20H18N2O2S. The highest BCUT2D eigenvalue weighted by molar-refractivity contribution is 7.90. The van der Waals surface area contributed by atoms with Crippen LogP contribution in [0.5, 0.6) is 0 Å². The Morgan fingerprint density at radius 1 is 0.760 bits per heavy atom. The molecule has 0 atom stereocenters. The number of nitrogens with zero attached hydrogens (tertiary/aromatic N) is 2. The minimum absolute atomic E-state index is 0.171. The van der Waals surface area contributed by atoms with Crippen molar-refractivity contribution in [3.63, 3.8) is 0 Å². The van der Waals surface area contributed by atoms with Gasteiger partial charge in [0.15, 0.2) is 5.84 Å². The summed E-state index contributed by atoms with van der Waals surface area (Å²) in [5, 5.41) is 0. The Morgan fingerprint density at radius 2 is 1.24 bits per heavy atom. The van der Waals surface area contributed by atoms with E-state index >= 15 is 0 Å². The van der Waals surface area contributed by atoms with E-state index in [-0.39, 0.29) is 4.90 Å². The maximum Gasteiger partial charge on any atom is 0.284 e. The molecule has 5 heteroatoms. The van der Waals surface area contributed by atoms with Gasteiger partial charge in [0.2, 0.25) is 0 Å². The molecule has 126 valence electrons. The van der Waals surface area contributed by atoms with Crippen LogP contribution in [0.3, 0.4) is 0 Å². The van der Waals surface area contributed by atoms with Crippen LogP contribution in [0.4, 0.5) is 5.69 Å². The SMILES string of the molecule is CN(C(=NS(=O)(=O)c1ccccc1)c1ccccc1)c1ccccc1. The van der Waals surface area contributed by atoms with Crippen molar-refractivity contribution in [1.82, 2.24) is 0 Å². The lowest BCUT2D eigenvalue weighted by Gasteiger charge is -2.21. The summed E-state index contributed by atoms with van der Waals surface area (Å²) in [6, 6.07) is 27.1. The zero-order valence-corrected chi connectivity index (χ0v) is 14.6. The molecule has 3 rings (SSSR count). The fraction of sp³-hybridized carbons (Fsp3) is 0.0500. The molecule has 0 N–H and O–H groups in total. The van der Waals surface area contributed by atoms with Gasteiger partial charge in [-0.15, -0.1) is 4.40 Å². The van der Waals surface area contributed by atoms with Gasteiger partial charge >= 0.3 is 0 Å². The minimum atomic E-state index is -3.81. The summed E-state index contributed by atoms with van der Waals surface area (Å²) in [6.45, 7) is 0. The average Bonchev–Trinajstić information content (AvgIpc) is 2.68. The van der Waals surface area contributed by atoms with Crippen LogP contribution >= 0.6 is 0 Å². The van der Waals surface area contributed by atoms with E-state index in [0.717, 1.165) is 11.3 Å². The van der Waals surface area contributed by atoms with Crippen LogP contribution in [-0.2, 0) is 10.0 Å². The summed E-state index contributed by atoms with van der Waals surface area (Å²) < 4.78 is 29.6. The molecular weight excluding hydrogens is 332 g/mol.